The van der Waals surface area contributed by atoms with Gasteiger partial charge in [-0.15, -0.1) is 0 Å². The van der Waals surface area contributed by atoms with Gasteiger partial charge in [0.2, 0.25) is 0 Å². The van der Waals surface area contributed by atoms with Gasteiger partial charge in [0.25, 0.3) is 0 Å². The van der Waals surface area contributed by atoms with Crippen LogP contribution < -0.4 is 4.90 Å². The van der Waals surface area contributed by atoms with Crippen molar-refractivity contribution < 1.29 is 14.3 Å². The summed E-state index contributed by atoms with van der Waals surface area (Å²) in [6.07, 6.45) is 4.50. The summed E-state index contributed by atoms with van der Waals surface area (Å²) < 4.78 is 10.7. The van der Waals surface area contributed by atoms with Gasteiger partial charge in [0, 0.05) is 25.1 Å². The molecule has 2 aromatic heterocycles. The van der Waals surface area contributed by atoms with Crippen molar-refractivity contribution in [3.8, 4) is 11.5 Å². The van der Waals surface area contributed by atoms with E-state index in [1.165, 1.54) is 0 Å². The van der Waals surface area contributed by atoms with Crippen LogP contribution in [0.15, 0.2) is 30.7 Å². The molecule has 3 aromatic rings. The van der Waals surface area contributed by atoms with Gasteiger partial charge in [-0.1, -0.05) is 0 Å². The second kappa shape index (κ2) is 6.06. The molecular weight excluding hydrogens is 334 g/mol. The van der Waals surface area contributed by atoms with Crippen molar-refractivity contribution >= 4 is 22.8 Å². The second-order valence-electron chi connectivity index (χ2n) is 6.59. The molecular formula is C18H19N5O3. The molecule has 3 heterocycles. The van der Waals surface area contributed by atoms with E-state index in [2.05, 4.69) is 19.9 Å². The highest BCUT2D eigenvalue weighted by Gasteiger charge is 2.38. The van der Waals surface area contributed by atoms with E-state index >= 15 is 0 Å². The van der Waals surface area contributed by atoms with Crippen molar-refractivity contribution in [2.75, 3.05) is 25.2 Å². The number of H-pyrrole nitrogens is 1. The summed E-state index contributed by atoms with van der Waals surface area (Å²) in [5.74, 6) is 0.629. The number of anilines is 1. The molecule has 0 unspecified atom stereocenters. The molecule has 1 aliphatic rings. The number of benzene rings is 1. The summed E-state index contributed by atoms with van der Waals surface area (Å²) in [5.41, 5.74) is 3.22. The van der Waals surface area contributed by atoms with Gasteiger partial charge in [-0.3, -0.25) is 9.88 Å². The number of aromatic nitrogens is 4. The standard InChI is InChI=1S/C18H19N5O3/c1-18(2)11-8-12-13(22-16(21-12)14-10-19-4-5-20-14)9-15(11)23(6-7-25-3)17(24)26-18/h4-5,8-10H,6-7H2,1-3H3,(H,21,22). The van der Waals surface area contributed by atoms with Gasteiger partial charge in [-0.05, 0) is 26.0 Å². The minimum atomic E-state index is -0.734. The Balaban J connectivity index is 1.86. The Morgan fingerprint density at radius 1 is 1.31 bits per heavy atom. The third kappa shape index (κ3) is 2.68. The molecule has 1 aliphatic heterocycles. The van der Waals surface area contributed by atoms with Gasteiger partial charge in [-0.2, -0.15) is 0 Å². The molecule has 134 valence electrons. The summed E-state index contributed by atoms with van der Waals surface area (Å²) in [5, 5.41) is 0. The third-order valence-electron chi connectivity index (χ3n) is 4.43. The average Bonchev–Trinajstić information content (AvgIpc) is 3.04. The number of hydrogen-bond donors (Lipinski definition) is 1. The lowest BCUT2D eigenvalue weighted by Crippen LogP contribution is -2.44. The predicted octanol–water partition coefficient (Wildman–Crippen LogP) is 2.86. The minimum Gasteiger partial charge on any atom is -0.438 e. The maximum absolute atomic E-state index is 12.4. The van der Waals surface area contributed by atoms with E-state index in [4.69, 9.17) is 9.47 Å². The Bertz CT molecular complexity index is 968. The summed E-state index contributed by atoms with van der Waals surface area (Å²) in [6, 6.07) is 3.88. The van der Waals surface area contributed by atoms with Crippen LogP contribution in [-0.4, -0.2) is 46.3 Å². The molecule has 0 saturated heterocycles. The topological polar surface area (TPSA) is 93.2 Å². The summed E-state index contributed by atoms with van der Waals surface area (Å²) >= 11 is 0. The number of ether oxygens (including phenoxy) is 2. The highest BCUT2D eigenvalue weighted by Crippen LogP contribution is 2.40. The first-order valence-corrected chi connectivity index (χ1v) is 8.29. The number of cyclic esters (lactones) is 1. The predicted molar refractivity (Wildman–Crippen MR) is 95.8 cm³/mol. The fourth-order valence-electron chi connectivity index (χ4n) is 3.12. The van der Waals surface area contributed by atoms with E-state index in [1.807, 2.05) is 26.0 Å². The number of nitrogens with one attached hydrogen (secondary N) is 1. The zero-order chi connectivity index (χ0) is 18.3. The molecule has 1 N–H and O–H groups in total. The maximum atomic E-state index is 12.4. The van der Waals surface area contributed by atoms with Crippen LogP contribution in [0.4, 0.5) is 10.5 Å². The fourth-order valence-corrected chi connectivity index (χ4v) is 3.12. The normalized spacial score (nSPS) is 15.8. The molecule has 0 aliphatic carbocycles. The molecule has 0 fully saturated rings. The molecule has 1 amide bonds. The van der Waals surface area contributed by atoms with Gasteiger partial charge in [0.05, 0.1) is 36.1 Å². The number of carbonyl (C=O) groups excluding carboxylic acids is 1. The number of imidazole rings is 1. The Morgan fingerprint density at radius 3 is 2.88 bits per heavy atom. The van der Waals surface area contributed by atoms with Crippen LogP contribution in [0.3, 0.4) is 0 Å². The van der Waals surface area contributed by atoms with E-state index in [9.17, 15) is 4.79 Å². The van der Waals surface area contributed by atoms with Crippen LogP contribution in [0.25, 0.3) is 22.6 Å². The number of nitrogens with zero attached hydrogens (tertiary/aromatic N) is 4. The number of rotatable bonds is 4. The first kappa shape index (κ1) is 16.5. The Kier molecular flexibility index (Phi) is 3.84. The quantitative estimate of drug-likeness (QED) is 0.775. The van der Waals surface area contributed by atoms with E-state index in [-0.39, 0.29) is 6.09 Å². The zero-order valence-corrected chi connectivity index (χ0v) is 14.8. The molecule has 8 heteroatoms. The van der Waals surface area contributed by atoms with Gasteiger partial charge < -0.3 is 14.5 Å². The molecule has 4 rings (SSSR count). The van der Waals surface area contributed by atoms with Gasteiger partial charge in [-0.25, -0.2) is 14.8 Å². The van der Waals surface area contributed by atoms with Crippen LogP contribution in [0.1, 0.15) is 19.4 Å². The van der Waals surface area contributed by atoms with E-state index in [1.54, 1.807) is 30.6 Å². The Labute approximate surface area is 150 Å². The van der Waals surface area contributed by atoms with E-state index in [0.717, 1.165) is 22.3 Å². The number of methoxy groups -OCH3 is 1. The van der Waals surface area contributed by atoms with Crippen LogP contribution in [-0.2, 0) is 15.1 Å². The maximum Gasteiger partial charge on any atom is 0.415 e. The van der Waals surface area contributed by atoms with E-state index < -0.39 is 5.60 Å². The lowest BCUT2D eigenvalue weighted by atomic mass is 9.93. The molecule has 0 saturated carbocycles. The number of amides is 1. The van der Waals surface area contributed by atoms with Crippen LogP contribution in [0, 0.1) is 0 Å². The Hall–Kier alpha value is -3.00. The average molecular weight is 353 g/mol. The van der Waals surface area contributed by atoms with Crippen molar-refractivity contribution in [3.05, 3.63) is 36.3 Å². The molecule has 0 spiro atoms. The third-order valence-corrected chi connectivity index (χ3v) is 4.43. The van der Waals surface area contributed by atoms with Crippen LogP contribution in [0.5, 0.6) is 0 Å². The summed E-state index contributed by atoms with van der Waals surface area (Å²) in [7, 11) is 1.60. The molecule has 1 aromatic carbocycles. The highest BCUT2D eigenvalue weighted by molar-refractivity contribution is 5.95. The largest absolute Gasteiger partial charge is 0.438 e. The monoisotopic (exact) mass is 353 g/mol. The molecule has 0 radical (unpaired) electrons. The number of fused-ring (bicyclic) bond motifs is 2. The summed E-state index contributed by atoms with van der Waals surface area (Å²) in [6.45, 7) is 4.58. The smallest absolute Gasteiger partial charge is 0.415 e. The number of hydrogen-bond acceptors (Lipinski definition) is 6. The van der Waals surface area contributed by atoms with Crippen molar-refractivity contribution in [1.29, 1.82) is 0 Å². The van der Waals surface area contributed by atoms with Gasteiger partial charge in [0.15, 0.2) is 5.82 Å². The second-order valence-corrected chi connectivity index (χ2v) is 6.59. The van der Waals surface area contributed by atoms with Gasteiger partial charge >= 0.3 is 6.09 Å². The van der Waals surface area contributed by atoms with Crippen molar-refractivity contribution in [3.63, 3.8) is 0 Å². The molecule has 8 nitrogen and oxygen atoms in total. The van der Waals surface area contributed by atoms with Crippen LogP contribution >= 0.6 is 0 Å². The van der Waals surface area contributed by atoms with Crippen molar-refractivity contribution in [2.45, 2.75) is 19.4 Å². The van der Waals surface area contributed by atoms with Crippen molar-refractivity contribution in [2.24, 2.45) is 0 Å². The molecule has 26 heavy (non-hydrogen) atoms. The number of aromatic amines is 1. The zero-order valence-electron chi connectivity index (χ0n) is 14.8. The van der Waals surface area contributed by atoms with Crippen molar-refractivity contribution in [1.82, 2.24) is 19.9 Å². The first-order valence-electron chi connectivity index (χ1n) is 8.29. The molecule has 0 atom stereocenters. The lowest BCUT2D eigenvalue weighted by Gasteiger charge is -2.38. The fraction of sp³-hybridized carbons (Fsp3) is 0.333. The summed E-state index contributed by atoms with van der Waals surface area (Å²) in [4.78, 5) is 30.3. The van der Waals surface area contributed by atoms with E-state index in [0.29, 0.717) is 24.7 Å². The van der Waals surface area contributed by atoms with Crippen LogP contribution in [0.2, 0.25) is 0 Å². The highest BCUT2D eigenvalue weighted by atomic mass is 16.6. The Morgan fingerprint density at radius 2 is 2.15 bits per heavy atom. The minimum absolute atomic E-state index is 0.386. The molecule has 0 bridgehead atoms. The SMILES string of the molecule is COCCN1C(=O)OC(C)(C)c2cc3[nH]c(-c4cnccn4)nc3cc21. The lowest BCUT2D eigenvalue weighted by molar-refractivity contribution is 0.0340. The first-order chi connectivity index (χ1) is 12.5. The number of carbonyl (C=O) groups is 1. The van der Waals surface area contributed by atoms with Gasteiger partial charge in [0.1, 0.15) is 11.3 Å².